The SMILES string of the molecule is c1ccc(-c2ccc(-c3nc(-c4ccc([Si](c5ccccc5)(c5ccccc5)c5ccccc5)cc4)nc(-n4c5ccc(-n6c7ccccc7c7ccccc76)cc5c5cc(-n6c7ccccc7c7ccccc76)ccc54)n3)cc2)cc1. The van der Waals surface area contributed by atoms with Gasteiger partial charge in [0.05, 0.1) is 33.1 Å². The highest BCUT2D eigenvalue weighted by molar-refractivity contribution is 7.19. The highest BCUT2D eigenvalue weighted by Crippen LogP contribution is 2.40. The first kappa shape index (κ1) is 47.3. The van der Waals surface area contributed by atoms with Gasteiger partial charge < -0.3 is 9.13 Å². The molecule has 0 unspecified atom stereocenters. The molecule has 0 N–H and O–H groups in total. The number of fused-ring (bicyclic) bond motifs is 9. The normalized spacial score (nSPS) is 11.9. The Morgan fingerprint density at radius 1 is 0.220 bits per heavy atom. The molecule has 0 aliphatic carbocycles. The summed E-state index contributed by atoms with van der Waals surface area (Å²) < 4.78 is 7.05. The minimum Gasteiger partial charge on any atom is -0.309 e. The number of benzene rings is 12. The van der Waals surface area contributed by atoms with Crippen LogP contribution in [0.2, 0.25) is 0 Å². The zero-order chi connectivity index (χ0) is 54.1. The molecule has 16 aromatic rings. The summed E-state index contributed by atoms with van der Waals surface area (Å²) in [5.41, 5.74) is 12.8. The molecule has 6 nitrogen and oxygen atoms in total. The van der Waals surface area contributed by atoms with Gasteiger partial charge in [0.25, 0.3) is 0 Å². The molecule has 12 aromatic carbocycles. The first-order valence-electron chi connectivity index (χ1n) is 27.9. The van der Waals surface area contributed by atoms with Crippen LogP contribution in [0.1, 0.15) is 0 Å². The van der Waals surface area contributed by atoms with E-state index in [1.54, 1.807) is 0 Å². The summed E-state index contributed by atoms with van der Waals surface area (Å²) in [5.74, 6) is 1.71. The molecule has 16 rings (SSSR count). The van der Waals surface area contributed by atoms with Crippen LogP contribution >= 0.6 is 0 Å². The zero-order valence-electron chi connectivity index (χ0n) is 44.6. The highest BCUT2D eigenvalue weighted by Gasteiger charge is 2.41. The first-order valence-corrected chi connectivity index (χ1v) is 29.9. The van der Waals surface area contributed by atoms with Gasteiger partial charge in [-0.3, -0.25) is 4.57 Å². The van der Waals surface area contributed by atoms with Crippen LogP contribution in [-0.4, -0.2) is 36.7 Å². The van der Waals surface area contributed by atoms with Gasteiger partial charge in [-0.2, -0.15) is 9.97 Å². The third-order valence-electron chi connectivity index (χ3n) is 16.7. The molecule has 0 amide bonds. The Hall–Kier alpha value is -10.7. The molecule has 0 atom stereocenters. The van der Waals surface area contributed by atoms with E-state index in [-0.39, 0.29) is 0 Å². The van der Waals surface area contributed by atoms with Crippen LogP contribution in [0.3, 0.4) is 0 Å². The topological polar surface area (TPSA) is 53.5 Å². The molecule has 82 heavy (non-hydrogen) atoms. The predicted molar refractivity (Wildman–Crippen MR) is 343 cm³/mol. The molecule has 0 fully saturated rings. The predicted octanol–water partition coefficient (Wildman–Crippen LogP) is 15.5. The Labute approximate surface area is 474 Å². The fraction of sp³-hybridized carbons (Fsp3) is 0. The van der Waals surface area contributed by atoms with Crippen LogP contribution in [0.4, 0.5) is 0 Å². The van der Waals surface area contributed by atoms with Crippen molar-refractivity contribution in [3.05, 3.63) is 303 Å². The van der Waals surface area contributed by atoms with Gasteiger partial charge in [0, 0.05) is 54.8 Å². The molecule has 384 valence electrons. The van der Waals surface area contributed by atoms with Crippen molar-refractivity contribution < 1.29 is 0 Å². The van der Waals surface area contributed by atoms with E-state index < -0.39 is 8.07 Å². The molecule has 4 heterocycles. The Bertz CT molecular complexity index is 4690. The Morgan fingerprint density at radius 2 is 0.524 bits per heavy atom. The molecular formula is C75H50N6Si. The largest absolute Gasteiger partial charge is 0.309 e. The minimum atomic E-state index is -2.81. The standard InChI is InChI=1S/C75H50N6Si/c1-5-21-51(22-6-1)52-37-39-53(40-38-52)73-76-74(54-41-45-60(46-42-54)82(57-23-7-2-8-24-57,58-25-9-3-10-26-58)59-27-11-4-12-28-59)78-75(77-73)81-71-47-43-55(79-67-33-17-13-29-61(67)62-30-14-18-34-68(62)79)49-65(71)66-50-56(44-48-72(66)81)80-69-35-19-15-31-63(69)64-32-16-20-36-70(64)80/h1-50H. The monoisotopic (exact) mass is 1060 g/mol. The van der Waals surface area contributed by atoms with E-state index in [2.05, 4.69) is 317 Å². The molecular weight excluding hydrogens is 1010 g/mol. The van der Waals surface area contributed by atoms with Gasteiger partial charge in [-0.15, -0.1) is 0 Å². The van der Waals surface area contributed by atoms with E-state index in [1.807, 2.05) is 0 Å². The van der Waals surface area contributed by atoms with Crippen molar-refractivity contribution in [2.24, 2.45) is 0 Å². The Balaban J connectivity index is 0.934. The van der Waals surface area contributed by atoms with Gasteiger partial charge in [-0.05, 0) is 92.5 Å². The van der Waals surface area contributed by atoms with Crippen LogP contribution in [0.15, 0.2) is 303 Å². The van der Waals surface area contributed by atoms with Crippen LogP contribution in [0, 0.1) is 0 Å². The molecule has 0 radical (unpaired) electrons. The summed E-state index contributed by atoms with van der Waals surface area (Å²) in [5, 5.41) is 12.3. The zero-order valence-corrected chi connectivity index (χ0v) is 45.6. The smallest absolute Gasteiger partial charge is 0.238 e. The molecule has 0 aliphatic rings. The fourth-order valence-electron chi connectivity index (χ4n) is 13.0. The van der Waals surface area contributed by atoms with Crippen molar-refractivity contribution in [1.29, 1.82) is 0 Å². The van der Waals surface area contributed by atoms with E-state index in [0.717, 1.165) is 77.5 Å². The summed E-state index contributed by atoms with van der Waals surface area (Å²) in [7, 11) is -2.81. The van der Waals surface area contributed by atoms with E-state index in [4.69, 9.17) is 15.0 Å². The lowest BCUT2D eigenvalue weighted by molar-refractivity contribution is 0.953. The van der Waals surface area contributed by atoms with Gasteiger partial charge in [-0.1, -0.05) is 243 Å². The minimum absolute atomic E-state index is 0.534. The maximum atomic E-state index is 5.55. The lowest BCUT2D eigenvalue weighted by Gasteiger charge is -2.34. The molecule has 0 saturated heterocycles. The van der Waals surface area contributed by atoms with Crippen molar-refractivity contribution >= 4 is 94.2 Å². The van der Waals surface area contributed by atoms with Crippen molar-refractivity contribution in [1.82, 2.24) is 28.7 Å². The number of rotatable bonds is 10. The van der Waals surface area contributed by atoms with Gasteiger partial charge >= 0.3 is 0 Å². The average molecular weight is 1060 g/mol. The number of para-hydroxylation sites is 4. The molecule has 0 spiro atoms. The molecule has 0 saturated carbocycles. The summed E-state index contributed by atoms with van der Waals surface area (Å²) in [6, 6.07) is 110. The van der Waals surface area contributed by atoms with Crippen LogP contribution in [-0.2, 0) is 0 Å². The summed E-state index contributed by atoms with van der Waals surface area (Å²) in [6.07, 6.45) is 0. The summed E-state index contributed by atoms with van der Waals surface area (Å²) in [4.78, 5) is 16.4. The van der Waals surface area contributed by atoms with Crippen molar-refractivity contribution in [2.45, 2.75) is 0 Å². The third kappa shape index (κ3) is 7.51. The molecule has 0 bridgehead atoms. The lowest BCUT2D eigenvalue weighted by Crippen LogP contribution is -2.74. The van der Waals surface area contributed by atoms with Crippen molar-refractivity contribution in [2.75, 3.05) is 0 Å². The number of aromatic nitrogens is 6. The Kier molecular flexibility index (Phi) is 11.1. The molecule has 4 aromatic heterocycles. The second-order valence-corrected chi connectivity index (χ2v) is 24.9. The van der Waals surface area contributed by atoms with Gasteiger partial charge in [0.2, 0.25) is 5.95 Å². The van der Waals surface area contributed by atoms with Gasteiger partial charge in [-0.25, -0.2) is 4.98 Å². The highest BCUT2D eigenvalue weighted by atomic mass is 28.3. The average Bonchev–Trinajstić information content (AvgIpc) is 4.37. The fourth-order valence-corrected chi connectivity index (χ4v) is 17.7. The van der Waals surface area contributed by atoms with E-state index in [9.17, 15) is 0 Å². The maximum absolute atomic E-state index is 5.55. The van der Waals surface area contributed by atoms with Gasteiger partial charge in [0.15, 0.2) is 19.7 Å². The summed E-state index contributed by atoms with van der Waals surface area (Å²) in [6.45, 7) is 0. The third-order valence-corrected chi connectivity index (χ3v) is 21.5. The lowest BCUT2D eigenvalue weighted by atomic mass is 10.0. The number of hydrogen-bond donors (Lipinski definition) is 0. The molecule has 7 heteroatoms. The maximum Gasteiger partial charge on any atom is 0.238 e. The van der Waals surface area contributed by atoms with Crippen LogP contribution in [0.5, 0.6) is 0 Å². The van der Waals surface area contributed by atoms with Crippen molar-refractivity contribution in [3.8, 4) is 51.2 Å². The summed E-state index contributed by atoms with van der Waals surface area (Å²) >= 11 is 0. The van der Waals surface area contributed by atoms with E-state index >= 15 is 0 Å². The Morgan fingerprint density at radius 3 is 0.927 bits per heavy atom. The van der Waals surface area contributed by atoms with Gasteiger partial charge in [0.1, 0.15) is 0 Å². The van der Waals surface area contributed by atoms with Crippen LogP contribution in [0.25, 0.3) is 117 Å². The quantitative estimate of drug-likeness (QED) is 0.101. The van der Waals surface area contributed by atoms with E-state index in [0.29, 0.717) is 17.6 Å². The van der Waals surface area contributed by atoms with E-state index in [1.165, 1.54) is 42.3 Å². The van der Waals surface area contributed by atoms with Crippen molar-refractivity contribution in [3.63, 3.8) is 0 Å². The van der Waals surface area contributed by atoms with Crippen LogP contribution < -0.4 is 20.7 Å². The molecule has 0 aliphatic heterocycles. The second kappa shape index (κ2) is 19.3. The number of hydrogen-bond acceptors (Lipinski definition) is 3. The second-order valence-electron chi connectivity index (χ2n) is 21.1. The number of nitrogens with zero attached hydrogens (tertiary/aromatic N) is 6. The first-order chi connectivity index (χ1) is 40.7.